The largest absolute Gasteiger partial charge is 0.481 e. The van der Waals surface area contributed by atoms with E-state index in [0.29, 0.717) is 0 Å². The van der Waals surface area contributed by atoms with E-state index in [0.717, 1.165) is 6.42 Å². The molecule has 1 aliphatic rings. The first-order chi connectivity index (χ1) is 6.74. The molecule has 0 amide bonds. The van der Waals surface area contributed by atoms with Gasteiger partial charge >= 0.3 is 5.97 Å². The molecule has 1 aromatic rings. The topological polar surface area (TPSA) is 37.3 Å². The van der Waals surface area contributed by atoms with Gasteiger partial charge in [0.15, 0.2) is 0 Å². The predicted octanol–water partition coefficient (Wildman–Crippen LogP) is 2.74. The van der Waals surface area contributed by atoms with Gasteiger partial charge in [-0.05, 0) is 17.5 Å². The summed E-state index contributed by atoms with van der Waals surface area (Å²) in [6.45, 7) is 1.60. The summed E-state index contributed by atoms with van der Waals surface area (Å²) in [6, 6.07) is 8.49. The first kappa shape index (κ1) is 10.5. The van der Waals surface area contributed by atoms with E-state index in [4.69, 9.17) is 5.11 Å². The van der Waals surface area contributed by atoms with E-state index < -0.39 is 5.97 Å². The summed E-state index contributed by atoms with van der Waals surface area (Å²) in [5, 5.41) is 7.72. The molecule has 0 saturated carbocycles. The quantitative estimate of drug-likeness (QED) is 0.739. The van der Waals surface area contributed by atoms with Crippen molar-refractivity contribution in [2.45, 2.75) is 19.8 Å². The van der Waals surface area contributed by atoms with Gasteiger partial charge in [0.2, 0.25) is 0 Å². The van der Waals surface area contributed by atoms with E-state index in [1.165, 1.54) is 11.1 Å². The maximum absolute atomic E-state index is 9.37. The van der Waals surface area contributed by atoms with Crippen LogP contribution in [0.1, 0.15) is 24.5 Å². The molecule has 0 atom stereocenters. The van der Waals surface area contributed by atoms with Gasteiger partial charge in [-0.15, -0.1) is 0 Å². The molecule has 1 aromatic carbocycles. The minimum atomic E-state index is -0.745. The van der Waals surface area contributed by atoms with E-state index in [1.807, 2.05) is 0 Å². The number of hydrogen-bond donors (Lipinski definition) is 1. The Kier molecular flexibility index (Phi) is 3.92. The number of aliphatic carboxylic acids is 1. The summed E-state index contributed by atoms with van der Waals surface area (Å²) < 4.78 is 0. The van der Waals surface area contributed by atoms with E-state index in [2.05, 4.69) is 36.4 Å². The van der Waals surface area contributed by atoms with Crippen LogP contribution >= 0.6 is 0 Å². The van der Waals surface area contributed by atoms with Gasteiger partial charge < -0.3 is 5.11 Å². The fourth-order valence-corrected chi connectivity index (χ4v) is 1.20. The van der Waals surface area contributed by atoms with Gasteiger partial charge in [0.05, 0.1) is 0 Å². The normalized spacial score (nSPS) is 11.5. The molecule has 0 radical (unpaired) electrons. The van der Waals surface area contributed by atoms with Crippen molar-refractivity contribution in [3.63, 3.8) is 0 Å². The first-order valence-corrected chi connectivity index (χ1v) is 4.70. The van der Waals surface area contributed by atoms with Gasteiger partial charge in [0, 0.05) is 6.42 Å². The van der Waals surface area contributed by atoms with Gasteiger partial charge in [0.1, 0.15) is 0 Å². The standard InChI is InChI=1S/C9H8.C3H6O2/c1-2-5-9-7-3-6-8(9)4-1;1-2-3(4)5/h1-6H,7H2;2H2,1H3,(H,4,5). The van der Waals surface area contributed by atoms with Crippen molar-refractivity contribution in [2.24, 2.45) is 0 Å². The van der Waals surface area contributed by atoms with Gasteiger partial charge in [-0.25, -0.2) is 0 Å². The highest BCUT2D eigenvalue weighted by atomic mass is 16.4. The van der Waals surface area contributed by atoms with Crippen LogP contribution in [0.2, 0.25) is 0 Å². The minimum Gasteiger partial charge on any atom is -0.481 e. The molecule has 0 bridgehead atoms. The molecular weight excluding hydrogens is 176 g/mol. The molecule has 2 nitrogen and oxygen atoms in total. The first-order valence-electron chi connectivity index (χ1n) is 4.70. The molecular formula is C12H14O2. The molecule has 1 aliphatic carbocycles. The van der Waals surface area contributed by atoms with Crippen molar-refractivity contribution in [2.75, 3.05) is 0 Å². The molecule has 0 fully saturated rings. The number of fused-ring (bicyclic) bond motifs is 1. The third kappa shape index (κ3) is 3.05. The average molecular weight is 190 g/mol. The second-order valence-corrected chi connectivity index (χ2v) is 3.05. The van der Waals surface area contributed by atoms with Gasteiger partial charge in [0.25, 0.3) is 0 Å². The van der Waals surface area contributed by atoms with Crippen LogP contribution in [0, 0.1) is 0 Å². The monoisotopic (exact) mass is 190 g/mol. The molecule has 2 rings (SSSR count). The summed E-state index contributed by atoms with van der Waals surface area (Å²) in [6.07, 6.45) is 5.72. The van der Waals surface area contributed by atoms with Crippen LogP contribution in [0.4, 0.5) is 0 Å². The Morgan fingerprint density at radius 2 is 2.07 bits per heavy atom. The lowest BCUT2D eigenvalue weighted by Gasteiger charge is -1.93. The summed E-state index contributed by atoms with van der Waals surface area (Å²) in [5.74, 6) is -0.745. The zero-order valence-corrected chi connectivity index (χ0v) is 8.23. The number of carboxylic acid groups (broad SMARTS) is 1. The van der Waals surface area contributed by atoms with E-state index in [-0.39, 0.29) is 6.42 Å². The Hall–Kier alpha value is -1.57. The van der Waals surface area contributed by atoms with Crippen LogP contribution in [-0.4, -0.2) is 11.1 Å². The lowest BCUT2D eigenvalue weighted by molar-refractivity contribution is -0.136. The Labute approximate surface area is 83.9 Å². The van der Waals surface area contributed by atoms with Gasteiger partial charge in [-0.2, -0.15) is 0 Å². The van der Waals surface area contributed by atoms with Crippen LogP contribution in [0.5, 0.6) is 0 Å². The number of hydrogen-bond acceptors (Lipinski definition) is 1. The highest BCUT2D eigenvalue weighted by Crippen LogP contribution is 2.17. The maximum atomic E-state index is 9.37. The van der Waals surface area contributed by atoms with Gasteiger partial charge in [-0.1, -0.05) is 43.3 Å². The van der Waals surface area contributed by atoms with E-state index in [1.54, 1.807) is 6.92 Å². The van der Waals surface area contributed by atoms with E-state index in [9.17, 15) is 4.79 Å². The number of allylic oxidation sites excluding steroid dienone is 1. The molecule has 0 spiro atoms. The zero-order valence-electron chi connectivity index (χ0n) is 8.23. The predicted molar refractivity (Wildman–Crippen MR) is 57.1 cm³/mol. The summed E-state index contributed by atoms with van der Waals surface area (Å²) in [7, 11) is 0. The van der Waals surface area contributed by atoms with Gasteiger partial charge in [-0.3, -0.25) is 4.79 Å². The zero-order chi connectivity index (χ0) is 10.4. The van der Waals surface area contributed by atoms with Crippen LogP contribution in [0.3, 0.4) is 0 Å². The molecule has 0 aromatic heterocycles. The maximum Gasteiger partial charge on any atom is 0.303 e. The number of rotatable bonds is 1. The molecule has 1 N–H and O–H groups in total. The Morgan fingerprint density at radius 1 is 1.43 bits per heavy atom. The smallest absolute Gasteiger partial charge is 0.303 e. The Morgan fingerprint density at radius 3 is 2.64 bits per heavy atom. The molecule has 0 unspecified atom stereocenters. The number of carboxylic acids is 1. The number of benzene rings is 1. The van der Waals surface area contributed by atoms with Crippen molar-refractivity contribution in [3.8, 4) is 0 Å². The minimum absolute atomic E-state index is 0.222. The lowest BCUT2D eigenvalue weighted by atomic mass is 10.1. The van der Waals surface area contributed by atoms with Crippen molar-refractivity contribution in [1.82, 2.24) is 0 Å². The molecule has 0 saturated heterocycles. The summed E-state index contributed by atoms with van der Waals surface area (Å²) in [5.41, 5.74) is 2.84. The van der Waals surface area contributed by atoms with Crippen molar-refractivity contribution in [3.05, 3.63) is 41.5 Å². The third-order valence-electron chi connectivity index (χ3n) is 1.99. The Bertz CT molecular complexity index is 340. The van der Waals surface area contributed by atoms with Crippen molar-refractivity contribution >= 4 is 12.0 Å². The fraction of sp³-hybridized carbons (Fsp3) is 0.250. The summed E-state index contributed by atoms with van der Waals surface area (Å²) in [4.78, 5) is 9.37. The number of carbonyl (C=O) groups is 1. The lowest BCUT2D eigenvalue weighted by Crippen LogP contribution is -1.86. The summed E-state index contributed by atoms with van der Waals surface area (Å²) >= 11 is 0. The second-order valence-electron chi connectivity index (χ2n) is 3.05. The van der Waals surface area contributed by atoms with Crippen molar-refractivity contribution in [1.29, 1.82) is 0 Å². The highest BCUT2D eigenvalue weighted by molar-refractivity contribution is 5.66. The molecule has 14 heavy (non-hydrogen) atoms. The SMILES string of the molecule is C1=Cc2ccccc2C1.CCC(=O)O. The van der Waals surface area contributed by atoms with Crippen LogP contribution in [0.15, 0.2) is 30.3 Å². The average Bonchev–Trinajstić information content (AvgIpc) is 2.66. The highest BCUT2D eigenvalue weighted by Gasteiger charge is 2.00. The second kappa shape index (κ2) is 5.22. The molecule has 74 valence electrons. The Balaban J connectivity index is 0.000000171. The molecule has 2 heteroatoms. The van der Waals surface area contributed by atoms with Crippen LogP contribution in [-0.2, 0) is 11.2 Å². The third-order valence-corrected chi connectivity index (χ3v) is 1.99. The van der Waals surface area contributed by atoms with Crippen LogP contribution < -0.4 is 0 Å². The fourth-order valence-electron chi connectivity index (χ4n) is 1.20. The van der Waals surface area contributed by atoms with Crippen molar-refractivity contribution < 1.29 is 9.90 Å². The van der Waals surface area contributed by atoms with Crippen LogP contribution in [0.25, 0.3) is 6.08 Å². The molecule has 0 heterocycles. The van der Waals surface area contributed by atoms with E-state index >= 15 is 0 Å². The molecule has 0 aliphatic heterocycles.